The summed E-state index contributed by atoms with van der Waals surface area (Å²) in [6.45, 7) is 3.38. The van der Waals surface area contributed by atoms with Gasteiger partial charge in [0.2, 0.25) is 0 Å². The highest BCUT2D eigenvalue weighted by Gasteiger charge is 2.28. The molecular weight excluding hydrogens is 361 g/mol. The Morgan fingerprint density at radius 1 is 1.18 bits per heavy atom. The molecule has 1 amide bonds. The Bertz CT molecular complexity index is 916. The van der Waals surface area contributed by atoms with E-state index in [2.05, 4.69) is 4.90 Å². The number of amides is 1. The number of carbonyl (C=O) groups excluding carboxylic acids is 2. The molecule has 2 heterocycles. The second-order valence-electron chi connectivity index (χ2n) is 7.39. The first-order valence-corrected chi connectivity index (χ1v) is 9.77. The molecule has 1 aromatic carbocycles. The highest BCUT2D eigenvalue weighted by molar-refractivity contribution is 6.09. The minimum atomic E-state index is -0.646. The molecule has 1 aromatic heterocycles. The van der Waals surface area contributed by atoms with E-state index in [1.54, 1.807) is 22.9 Å². The van der Waals surface area contributed by atoms with Gasteiger partial charge in [-0.2, -0.15) is 0 Å². The summed E-state index contributed by atoms with van der Waals surface area (Å²) in [6.07, 6.45) is 5.70. The van der Waals surface area contributed by atoms with Gasteiger partial charge in [0, 0.05) is 36.6 Å². The molecule has 0 unspecified atom stereocenters. The van der Waals surface area contributed by atoms with E-state index in [4.69, 9.17) is 10.5 Å². The number of likely N-dealkylation sites (tertiary alicyclic amines) is 1. The van der Waals surface area contributed by atoms with E-state index in [-0.39, 0.29) is 17.1 Å². The number of primary amides is 1. The lowest BCUT2D eigenvalue weighted by atomic mass is 9.93. The van der Waals surface area contributed by atoms with Crippen molar-refractivity contribution in [3.05, 3.63) is 47.0 Å². The maximum absolute atomic E-state index is 14.6. The standard InChI is InChI=1S/C21H24FN3O3/c22-16-12-14(6-7-19(16)28-11-10-24-8-1-2-9-24)25-13-15(21(23)27)20-17(25)4-3-5-18(20)26/h6-7,12-13H,1-5,8-11H2,(H2,23,27). The first kappa shape index (κ1) is 18.7. The molecule has 2 N–H and O–H groups in total. The zero-order valence-electron chi connectivity index (χ0n) is 15.7. The normalized spacial score (nSPS) is 17.0. The van der Waals surface area contributed by atoms with Gasteiger partial charge in [-0.3, -0.25) is 14.5 Å². The minimum absolute atomic E-state index is 0.0869. The van der Waals surface area contributed by atoms with Crippen LogP contribution in [0.5, 0.6) is 5.75 Å². The number of nitrogens with zero attached hydrogens (tertiary/aromatic N) is 2. The molecule has 6 nitrogen and oxygen atoms in total. The van der Waals surface area contributed by atoms with Gasteiger partial charge in [0.25, 0.3) is 5.91 Å². The van der Waals surface area contributed by atoms with Gasteiger partial charge in [-0.1, -0.05) is 0 Å². The lowest BCUT2D eigenvalue weighted by molar-refractivity contribution is 0.0950. The van der Waals surface area contributed by atoms with E-state index < -0.39 is 11.7 Å². The highest BCUT2D eigenvalue weighted by atomic mass is 19.1. The third kappa shape index (κ3) is 3.54. The monoisotopic (exact) mass is 385 g/mol. The number of rotatable bonds is 6. The van der Waals surface area contributed by atoms with E-state index in [0.29, 0.717) is 42.8 Å². The van der Waals surface area contributed by atoms with E-state index >= 15 is 0 Å². The molecular formula is C21H24FN3O3. The maximum atomic E-state index is 14.6. The van der Waals surface area contributed by atoms with Gasteiger partial charge in [-0.05, 0) is 50.9 Å². The number of hydrogen-bond acceptors (Lipinski definition) is 4. The van der Waals surface area contributed by atoms with E-state index in [1.165, 1.54) is 18.9 Å². The van der Waals surface area contributed by atoms with E-state index in [0.717, 1.165) is 19.6 Å². The molecule has 1 saturated heterocycles. The fourth-order valence-corrected chi connectivity index (χ4v) is 4.11. The van der Waals surface area contributed by atoms with Crippen LogP contribution in [0.15, 0.2) is 24.4 Å². The quantitative estimate of drug-likeness (QED) is 0.829. The zero-order chi connectivity index (χ0) is 19.7. The number of aromatic nitrogens is 1. The average molecular weight is 385 g/mol. The summed E-state index contributed by atoms with van der Waals surface area (Å²) in [6, 6.07) is 4.70. The van der Waals surface area contributed by atoms with Gasteiger partial charge in [0.15, 0.2) is 17.3 Å². The number of nitrogens with two attached hydrogens (primary N) is 1. The predicted octanol–water partition coefficient (Wildman–Crippen LogP) is 2.71. The lowest BCUT2D eigenvalue weighted by Gasteiger charge is -2.17. The van der Waals surface area contributed by atoms with Crippen molar-refractivity contribution in [1.82, 2.24) is 9.47 Å². The summed E-state index contributed by atoms with van der Waals surface area (Å²) in [5, 5.41) is 0. The van der Waals surface area contributed by atoms with Gasteiger partial charge >= 0.3 is 0 Å². The van der Waals surface area contributed by atoms with Gasteiger partial charge in [0.1, 0.15) is 6.61 Å². The molecule has 7 heteroatoms. The van der Waals surface area contributed by atoms with Crippen LogP contribution in [0, 0.1) is 5.82 Å². The number of fused-ring (bicyclic) bond motifs is 1. The molecule has 1 aliphatic heterocycles. The molecule has 28 heavy (non-hydrogen) atoms. The Morgan fingerprint density at radius 2 is 1.96 bits per heavy atom. The molecule has 0 saturated carbocycles. The van der Waals surface area contributed by atoms with Crippen molar-refractivity contribution in [3.63, 3.8) is 0 Å². The first-order valence-electron chi connectivity index (χ1n) is 9.77. The second-order valence-corrected chi connectivity index (χ2v) is 7.39. The van der Waals surface area contributed by atoms with Gasteiger partial charge in [-0.15, -0.1) is 0 Å². The van der Waals surface area contributed by atoms with Crippen LogP contribution in [-0.2, 0) is 6.42 Å². The molecule has 0 spiro atoms. The van der Waals surface area contributed by atoms with Crippen LogP contribution >= 0.6 is 0 Å². The van der Waals surface area contributed by atoms with Crippen molar-refractivity contribution < 1.29 is 18.7 Å². The Kier molecular flexibility index (Phi) is 5.17. The Hall–Kier alpha value is -2.67. The van der Waals surface area contributed by atoms with Gasteiger partial charge < -0.3 is 15.0 Å². The van der Waals surface area contributed by atoms with Crippen LogP contribution in [0.2, 0.25) is 0 Å². The molecule has 0 atom stereocenters. The van der Waals surface area contributed by atoms with E-state index in [9.17, 15) is 14.0 Å². The molecule has 2 aliphatic rings. The number of hydrogen-bond donors (Lipinski definition) is 1. The van der Waals surface area contributed by atoms with Gasteiger partial charge in [0.05, 0.1) is 11.1 Å². The molecule has 0 bridgehead atoms. The summed E-state index contributed by atoms with van der Waals surface area (Å²) in [4.78, 5) is 26.4. The van der Waals surface area contributed by atoms with Crippen LogP contribution in [-0.4, -0.2) is 47.4 Å². The lowest BCUT2D eigenvalue weighted by Crippen LogP contribution is -2.25. The summed E-state index contributed by atoms with van der Waals surface area (Å²) in [5.74, 6) is -0.997. The van der Waals surface area contributed by atoms with Crippen LogP contribution < -0.4 is 10.5 Å². The number of ether oxygens (including phenoxy) is 1. The zero-order valence-corrected chi connectivity index (χ0v) is 15.7. The summed E-state index contributed by atoms with van der Waals surface area (Å²) >= 11 is 0. The smallest absolute Gasteiger partial charge is 0.251 e. The third-order valence-electron chi connectivity index (χ3n) is 5.53. The minimum Gasteiger partial charge on any atom is -0.489 e. The van der Waals surface area contributed by atoms with Crippen molar-refractivity contribution in [2.24, 2.45) is 5.73 Å². The first-order chi connectivity index (χ1) is 13.5. The van der Waals surface area contributed by atoms with Crippen molar-refractivity contribution in [1.29, 1.82) is 0 Å². The Balaban J connectivity index is 1.56. The van der Waals surface area contributed by atoms with Crippen LogP contribution in [0.4, 0.5) is 4.39 Å². The van der Waals surface area contributed by atoms with Crippen molar-refractivity contribution in [2.75, 3.05) is 26.2 Å². The number of halogens is 1. The molecule has 4 rings (SSSR count). The molecule has 1 fully saturated rings. The van der Waals surface area contributed by atoms with Crippen LogP contribution in [0.25, 0.3) is 5.69 Å². The number of Topliss-reactive ketones (excluding diaryl/α,β-unsaturated/α-hetero) is 1. The van der Waals surface area contributed by atoms with Crippen molar-refractivity contribution >= 4 is 11.7 Å². The topological polar surface area (TPSA) is 77.6 Å². The van der Waals surface area contributed by atoms with Crippen LogP contribution in [0.3, 0.4) is 0 Å². The number of ketones is 1. The fourth-order valence-electron chi connectivity index (χ4n) is 4.11. The molecule has 1 aliphatic carbocycles. The number of carbonyl (C=O) groups is 2. The Labute approximate surface area is 163 Å². The fraction of sp³-hybridized carbons (Fsp3) is 0.429. The predicted molar refractivity (Wildman–Crippen MR) is 103 cm³/mol. The second kappa shape index (κ2) is 7.75. The third-order valence-corrected chi connectivity index (χ3v) is 5.53. The summed E-state index contributed by atoms with van der Waals surface area (Å²) in [5.41, 5.74) is 7.29. The van der Waals surface area contributed by atoms with Crippen molar-refractivity contribution in [2.45, 2.75) is 32.1 Å². The van der Waals surface area contributed by atoms with Gasteiger partial charge in [-0.25, -0.2) is 4.39 Å². The molecule has 148 valence electrons. The molecule has 2 aromatic rings. The SMILES string of the molecule is NC(=O)c1cn(-c2ccc(OCCN3CCCC3)c(F)c2)c2c1C(=O)CCC2. The maximum Gasteiger partial charge on any atom is 0.251 e. The largest absolute Gasteiger partial charge is 0.489 e. The Morgan fingerprint density at radius 3 is 2.68 bits per heavy atom. The van der Waals surface area contributed by atoms with E-state index in [1.807, 2.05) is 0 Å². The van der Waals surface area contributed by atoms with Crippen molar-refractivity contribution in [3.8, 4) is 11.4 Å². The number of benzene rings is 1. The van der Waals surface area contributed by atoms with Crippen LogP contribution in [0.1, 0.15) is 52.1 Å². The average Bonchev–Trinajstić information content (AvgIpc) is 3.31. The summed E-state index contributed by atoms with van der Waals surface area (Å²) < 4.78 is 21.9. The summed E-state index contributed by atoms with van der Waals surface area (Å²) in [7, 11) is 0. The molecule has 0 radical (unpaired) electrons. The highest BCUT2D eigenvalue weighted by Crippen LogP contribution is 2.30.